The molecule has 5 nitrogen and oxygen atoms in total. The Morgan fingerprint density at radius 1 is 1.29 bits per heavy atom. The summed E-state index contributed by atoms with van der Waals surface area (Å²) in [6, 6.07) is 5.22. The van der Waals surface area contributed by atoms with Gasteiger partial charge in [-0.2, -0.15) is 0 Å². The minimum atomic E-state index is -0.657. The lowest BCUT2D eigenvalue weighted by Gasteiger charge is -2.07. The summed E-state index contributed by atoms with van der Waals surface area (Å²) >= 11 is 11.9. The molecule has 0 bridgehead atoms. The first-order valence-corrected chi connectivity index (χ1v) is 7.35. The number of hydrogen-bond donors (Lipinski definition) is 0. The van der Waals surface area contributed by atoms with E-state index in [-0.39, 0.29) is 5.91 Å². The van der Waals surface area contributed by atoms with E-state index in [1.165, 1.54) is 4.57 Å². The lowest BCUT2D eigenvalue weighted by molar-refractivity contribution is 0.0914. The van der Waals surface area contributed by atoms with Crippen LogP contribution in [-0.4, -0.2) is 30.8 Å². The van der Waals surface area contributed by atoms with Gasteiger partial charge in [-0.3, -0.25) is 4.79 Å². The van der Waals surface area contributed by atoms with Crippen molar-refractivity contribution in [1.29, 1.82) is 0 Å². The Hall–Kier alpha value is -1.72. The molecule has 0 aliphatic carbocycles. The van der Waals surface area contributed by atoms with Crippen LogP contribution in [0.15, 0.2) is 18.2 Å². The summed E-state index contributed by atoms with van der Waals surface area (Å²) in [6.45, 7) is 3.55. The number of nitrogens with zero attached hydrogens (tertiary/aromatic N) is 4. The molecule has 108 valence electrons. The normalized spacial score (nSPS) is 13.0. The molecule has 0 N–H and O–H groups in total. The molecule has 1 aromatic carbocycles. The molecule has 0 fully saturated rings. The van der Waals surface area contributed by atoms with E-state index in [1.807, 2.05) is 6.92 Å². The van der Waals surface area contributed by atoms with Gasteiger partial charge >= 0.3 is 0 Å². The monoisotopic (exact) mass is 322 g/mol. The number of benzene rings is 1. The summed E-state index contributed by atoms with van der Waals surface area (Å²) in [5.74, 6) is 0.350. The quantitative estimate of drug-likeness (QED) is 0.678. The molecule has 0 aliphatic rings. The van der Waals surface area contributed by atoms with E-state index >= 15 is 0 Å². The number of carbonyl (C=O) groups is 1. The van der Waals surface area contributed by atoms with Crippen LogP contribution in [0.2, 0.25) is 5.02 Å². The Balaban J connectivity index is 2.35. The van der Waals surface area contributed by atoms with E-state index < -0.39 is 5.38 Å². The summed E-state index contributed by atoms with van der Waals surface area (Å²) in [5.41, 5.74) is 2.16. The molecule has 3 aromatic rings. The van der Waals surface area contributed by atoms with Crippen LogP contribution in [0.25, 0.3) is 22.3 Å². The zero-order valence-electron chi connectivity index (χ0n) is 11.5. The largest absolute Gasteiger partial charge is 0.272 e. The number of halogens is 2. The number of carbonyl (C=O) groups excluding carboxylic acids is 1. The van der Waals surface area contributed by atoms with E-state index in [0.29, 0.717) is 39.6 Å². The maximum absolute atomic E-state index is 12.3. The maximum Gasteiger partial charge on any atom is 0.251 e. The number of rotatable bonds is 2. The van der Waals surface area contributed by atoms with Crippen LogP contribution in [0.5, 0.6) is 0 Å². The van der Waals surface area contributed by atoms with Crippen molar-refractivity contribution in [2.24, 2.45) is 0 Å². The molecule has 0 saturated carbocycles. The number of hydrogen-bond acceptors (Lipinski definition) is 4. The van der Waals surface area contributed by atoms with Crippen LogP contribution in [0, 0.1) is 0 Å². The van der Waals surface area contributed by atoms with Gasteiger partial charge in [0.2, 0.25) is 0 Å². The number of imidazole rings is 1. The Bertz CT molecular complexity index is 857. The van der Waals surface area contributed by atoms with Crippen LogP contribution in [0.4, 0.5) is 0 Å². The van der Waals surface area contributed by atoms with Gasteiger partial charge < -0.3 is 0 Å². The number of alkyl halides is 1. The van der Waals surface area contributed by atoms with E-state index in [0.717, 1.165) is 0 Å². The third-order valence-corrected chi connectivity index (χ3v) is 3.59. The van der Waals surface area contributed by atoms with E-state index in [9.17, 15) is 4.79 Å². The molecule has 2 heterocycles. The molecule has 1 atom stereocenters. The number of aryl methyl sites for hydroxylation is 1. The van der Waals surface area contributed by atoms with Crippen molar-refractivity contribution in [3.05, 3.63) is 29.0 Å². The fraction of sp³-hybridized carbons (Fsp3) is 0.286. The van der Waals surface area contributed by atoms with Gasteiger partial charge in [-0.25, -0.2) is 19.5 Å². The van der Waals surface area contributed by atoms with Crippen LogP contribution < -0.4 is 0 Å². The van der Waals surface area contributed by atoms with Gasteiger partial charge in [0, 0.05) is 11.4 Å². The molecule has 7 heteroatoms. The van der Waals surface area contributed by atoms with Gasteiger partial charge in [-0.1, -0.05) is 18.5 Å². The van der Waals surface area contributed by atoms with Gasteiger partial charge in [-0.15, -0.1) is 11.6 Å². The van der Waals surface area contributed by atoms with Crippen molar-refractivity contribution in [2.75, 3.05) is 0 Å². The highest BCUT2D eigenvalue weighted by Crippen LogP contribution is 2.21. The van der Waals surface area contributed by atoms with E-state index in [1.54, 1.807) is 25.1 Å². The molecule has 0 saturated heterocycles. The zero-order valence-corrected chi connectivity index (χ0v) is 13.0. The highest BCUT2D eigenvalue weighted by atomic mass is 35.5. The summed E-state index contributed by atoms with van der Waals surface area (Å²) in [6.07, 6.45) is 0.588. The molecule has 0 spiro atoms. The smallest absolute Gasteiger partial charge is 0.251 e. The molecule has 0 radical (unpaired) electrons. The van der Waals surface area contributed by atoms with Crippen molar-refractivity contribution >= 4 is 51.4 Å². The fourth-order valence-corrected chi connectivity index (χ4v) is 2.44. The zero-order chi connectivity index (χ0) is 15.1. The van der Waals surface area contributed by atoms with Gasteiger partial charge in [0.05, 0.1) is 11.0 Å². The van der Waals surface area contributed by atoms with Crippen molar-refractivity contribution in [3.8, 4) is 0 Å². The minimum absolute atomic E-state index is 0.251. The second-order valence-corrected chi connectivity index (χ2v) is 5.77. The molecule has 3 rings (SSSR count). The Morgan fingerprint density at radius 2 is 2.05 bits per heavy atom. The highest BCUT2D eigenvalue weighted by molar-refractivity contribution is 6.31. The van der Waals surface area contributed by atoms with Crippen LogP contribution in [0.3, 0.4) is 0 Å². The molecule has 0 amide bonds. The number of fused-ring (bicyclic) bond motifs is 2. The molecule has 0 aliphatic heterocycles. The van der Waals surface area contributed by atoms with Crippen molar-refractivity contribution < 1.29 is 4.79 Å². The second kappa shape index (κ2) is 5.24. The summed E-state index contributed by atoms with van der Waals surface area (Å²) in [5, 5.41) is -0.0767. The topological polar surface area (TPSA) is 60.7 Å². The van der Waals surface area contributed by atoms with Crippen molar-refractivity contribution in [3.63, 3.8) is 0 Å². The van der Waals surface area contributed by atoms with Crippen LogP contribution >= 0.6 is 23.2 Å². The Labute approximate surface area is 130 Å². The number of aromatic nitrogens is 4. The lowest BCUT2D eigenvalue weighted by atomic mass is 10.3. The summed E-state index contributed by atoms with van der Waals surface area (Å²) in [7, 11) is 0. The first kappa shape index (κ1) is 14.2. The summed E-state index contributed by atoms with van der Waals surface area (Å²) in [4.78, 5) is 25.6. The van der Waals surface area contributed by atoms with Gasteiger partial charge in [0.25, 0.3) is 5.91 Å². The predicted octanol–water partition coefficient (Wildman–Crippen LogP) is 3.46. The van der Waals surface area contributed by atoms with E-state index in [4.69, 9.17) is 23.2 Å². The maximum atomic E-state index is 12.3. The first-order chi connectivity index (χ1) is 10.0. The average Bonchev–Trinajstić information content (AvgIpc) is 2.81. The minimum Gasteiger partial charge on any atom is -0.272 e. The highest BCUT2D eigenvalue weighted by Gasteiger charge is 2.21. The Morgan fingerprint density at radius 3 is 2.71 bits per heavy atom. The van der Waals surface area contributed by atoms with Crippen molar-refractivity contribution in [2.45, 2.75) is 25.6 Å². The van der Waals surface area contributed by atoms with E-state index in [2.05, 4.69) is 15.0 Å². The van der Waals surface area contributed by atoms with Crippen molar-refractivity contribution in [1.82, 2.24) is 19.5 Å². The van der Waals surface area contributed by atoms with Crippen LogP contribution in [-0.2, 0) is 6.42 Å². The molecule has 2 aromatic heterocycles. The van der Waals surface area contributed by atoms with Gasteiger partial charge in [0.15, 0.2) is 11.3 Å². The molecule has 1 unspecified atom stereocenters. The SMILES string of the molecule is CCc1nc2nc3cc(Cl)ccc3nc2n1C(=O)C(C)Cl. The molecular formula is C14H12Cl2N4O. The molecular weight excluding hydrogens is 311 g/mol. The summed E-state index contributed by atoms with van der Waals surface area (Å²) < 4.78 is 1.45. The Kier molecular flexibility index (Phi) is 3.55. The van der Waals surface area contributed by atoms with Gasteiger partial charge in [-0.05, 0) is 25.1 Å². The standard InChI is InChI=1S/C14H12Cl2N4O/c1-3-11-19-12-13(20(11)14(21)7(2)15)18-9-5-4-8(16)6-10(9)17-12/h4-7H,3H2,1-2H3. The lowest BCUT2D eigenvalue weighted by Crippen LogP contribution is -2.21. The molecule has 21 heavy (non-hydrogen) atoms. The first-order valence-electron chi connectivity index (χ1n) is 6.54. The fourth-order valence-electron chi connectivity index (χ4n) is 2.17. The third kappa shape index (κ3) is 2.36. The second-order valence-electron chi connectivity index (χ2n) is 4.68. The van der Waals surface area contributed by atoms with Crippen LogP contribution in [0.1, 0.15) is 24.5 Å². The predicted molar refractivity (Wildman–Crippen MR) is 83.2 cm³/mol. The average molecular weight is 323 g/mol. The third-order valence-electron chi connectivity index (χ3n) is 3.17. The van der Waals surface area contributed by atoms with Gasteiger partial charge in [0.1, 0.15) is 11.2 Å².